The van der Waals surface area contributed by atoms with Gasteiger partial charge in [0.1, 0.15) is 6.04 Å². The van der Waals surface area contributed by atoms with E-state index in [1.807, 2.05) is 30.3 Å². The minimum Gasteiger partial charge on any atom is -0.463 e. The Morgan fingerprint density at radius 1 is 1.00 bits per heavy atom. The highest BCUT2D eigenvalue weighted by Crippen LogP contribution is 2.26. The summed E-state index contributed by atoms with van der Waals surface area (Å²) in [6.45, 7) is 1.44. The molecule has 0 bridgehead atoms. The quantitative estimate of drug-likeness (QED) is 0.225. The smallest absolute Gasteiger partial charge is 0.337 e. The number of amides is 3. The van der Waals surface area contributed by atoms with Crippen molar-refractivity contribution in [3.63, 3.8) is 0 Å². The van der Waals surface area contributed by atoms with Gasteiger partial charge in [0.15, 0.2) is 0 Å². The number of aryl methyl sites for hydroxylation is 1. The van der Waals surface area contributed by atoms with E-state index in [9.17, 15) is 27.6 Å². The van der Waals surface area contributed by atoms with Crippen molar-refractivity contribution in [3.05, 3.63) is 83.1 Å². The molecule has 2 aromatic rings. The van der Waals surface area contributed by atoms with Gasteiger partial charge in [-0.3, -0.25) is 19.1 Å². The molecule has 39 heavy (non-hydrogen) atoms. The summed E-state index contributed by atoms with van der Waals surface area (Å²) in [7, 11) is -3.87. The van der Waals surface area contributed by atoms with E-state index in [-0.39, 0.29) is 37.5 Å². The van der Waals surface area contributed by atoms with E-state index in [4.69, 9.17) is 10.5 Å². The average molecular weight is 558 g/mol. The number of rotatable bonds is 12. The lowest BCUT2D eigenvalue weighted by Gasteiger charge is -2.25. The van der Waals surface area contributed by atoms with E-state index in [0.717, 1.165) is 11.8 Å². The van der Waals surface area contributed by atoms with Crippen LogP contribution >= 0.6 is 0 Å². The minimum atomic E-state index is -3.87. The Kier molecular flexibility index (Phi) is 10.2. The molecule has 12 nitrogen and oxygen atoms in total. The number of ether oxygens (including phenoxy) is 1. The van der Waals surface area contributed by atoms with Crippen LogP contribution in [0.2, 0.25) is 0 Å². The number of nitrogens with two attached hydrogens (primary N) is 1. The highest BCUT2D eigenvalue weighted by atomic mass is 32.2. The molecule has 6 N–H and O–H groups in total. The molecule has 0 aliphatic carbocycles. The maximum atomic E-state index is 12.3. The molecule has 13 heteroatoms. The van der Waals surface area contributed by atoms with Crippen molar-refractivity contribution >= 4 is 33.9 Å². The van der Waals surface area contributed by atoms with E-state index in [1.54, 1.807) is 31.2 Å². The highest BCUT2D eigenvalue weighted by Gasteiger charge is 2.32. The van der Waals surface area contributed by atoms with Crippen molar-refractivity contribution in [2.75, 3.05) is 13.2 Å². The van der Waals surface area contributed by atoms with Gasteiger partial charge in [0.2, 0.25) is 17.7 Å². The van der Waals surface area contributed by atoms with Crippen molar-refractivity contribution in [1.82, 2.24) is 20.1 Å². The molecule has 1 unspecified atom stereocenters. The zero-order valence-corrected chi connectivity index (χ0v) is 22.1. The summed E-state index contributed by atoms with van der Waals surface area (Å²) >= 11 is 0. The van der Waals surface area contributed by atoms with Crippen LogP contribution in [0.15, 0.2) is 66.4 Å². The number of esters is 1. The van der Waals surface area contributed by atoms with Crippen LogP contribution < -0.4 is 25.8 Å². The van der Waals surface area contributed by atoms with Crippen LogP contribution in [-0.4, -0.2) is 51.3 Å². The number of carbonyl (C=O) groups is 4. The first-order valence-electron chi connectivity index (χ1n) is 12.2. The van der Waals surface area contributed by atoms with Gasteiger partial charge in [-0.05, 0) is 30.0 Å². The lowest BCUT2D eigenvalue weighted by Crippen LogP contribution is -2.49. The second kappa shape index (κ2) is 13.5. The van der Waals surface area contributed by atoms with Gasteiger partial charge < -0.3 is 21.1 Å². The number of hydrogen-bond donors (Lipinski definition) is 5. The van der Waals surface area contributed by atoms with E-state index in [1.165, 1.54) is 0 Å². The maximum absolute atomic E-state index is 12.3. The number of nitrogens with one attached hydrogen (secondary N) is 4. The maximum Gasteiger partial charge on any atom is 0.337 e. The zero-order valence-electron chi connectivity index (χ0n) is 21.3. The molecular weight excluding hydrogens is 526 g/mol. The number of benzene rings is 2. The third-order valence-corrected chi connectivity index (χ3v) is 6.80. The molecule has 0 saturated carbocycles. The van der Waals surface area contributed by atoms with Crippen molar-refractivity contribution < 1.29 is 32.3 Å². The first kappa shape index (κ1) is 29.3. The lowest BCUT2D eigenvalue weighted by atomic mass is 9.97. The zero-order chi connectivity index (χ0) is 28.4. The normalized spacial score (nSPS) is 16.6. The van der Waals surface area contributed by atoms with Crippen LogP contribution in [0, 0.1) is 0 Å². The number of hydrogen-bond acceptors (Lipinski definition) is 7. The van der Waals surface area contributed by atoms with Crippen LogP contribution in [0.25, 0.3) is 0 Å². The van der Waals surface area contributed by atoms with Crippen molar-refractivity contribution in [2.45, 2.75) is 38.3 Å². The van der Waals surface area contributed by atoms with E-state index in [0.29, 0.717) is 17.5 Å². The van der Waals surface area contributed by atoms with Gasteiger partial charge in [0, 0.05) is 19.0 Å². The van der Waals surface area contributed by atoms with E-state index in [2.05, 4.69) is 20.1 Å². The molecule has 208 valence electrons. The SMILES string of the molecule is CCOC(=O)C1=CNS(=O)(=O)NC1c1ccc(C[C@H](NC(=O)CNC(=O)CCc2ccccc2)C(N)=O)cc1. The fraction of sp³-hybridized carbons (Fsp3) is 0.308. The summed E-state index contributed by atoms with van der Waals surface area (Å²) in [5, 5.41) is 5.05. The first-order chi connectivity index (χ1) is 18.6. The summed E-state index contributed by atoms with van der Waals surface area (Å²) in [6, 6.07) is 13.9. The van der Waals surface area contributed by atoms with Gasteiger partial charge in [-0.25, -0.2) is 4.79 Å². The topological polar surface area (TPSA) is 186 Å². The Morgan fingerprint density at radius 3 is 2.33 bits per heavy atom. The fourth-order valence-electron chi connectivity index (χ4n) is 3.84. The first-order valence-corrected chi connectivity index (χ1v) is 13.7. The van der Waals surface area contributed by atoms with Gasteiger partial charge >= 0.3 is 5.97 Å². The van der Waals surface area contributed by atoms with E-state index < -0.39 is 40.1 Å². The molecule has 1 heterocycles. The molecule has 2 aromatic carbocycles. The number of primary amides is 1. The second-order valence-electron chi connectivity index (χ2n) is 8.72. The van der Waals surface area contributed by atoms with Gasteiger partial charge in [-0.1, -0.05) is 54.6 Å². The molecule has 0 fully saturated rings. The third kappa shape index (κ3) is 8.93. The van der Waals surface area contributed by atoms with Crippen LogP contribution in [0.1, 0.15) is 36.1 Å². The number of carbonyl (C=O) groups excluding carboxylic acids is 4. The second-order valence-corrected chi connectivity index (χ2v) is 10.2. The van der Waals surface area contributed by atoms with Crippen LogP contribution in [-0.2, 0) is 47.0 Å². The Morgan fingerprint density at radius 2 is 1.69 bits per heavy atom. The van der Waals surface area contributed by atoms with Gasteiger partial charge in [-0.2, -0.15) is 13.1 Å². The van der Waals surface area contributed by atoms with Crippen molar-refractivity contribution in [1.29, 1.82) is 0 Å². The average Bonchev–Trinajstić information content (AvgIpc) is 2.91. The molecule has 1 aliphatic rings. The third-order valence-electron chi connectivity index (χ3n) is 5.83. The monoisotopic (exact) mass is 557 g/mol. The molecule has 2 atom stereocenters. The van der Waals surface area contributed by atoms with Crippen LogP contribution in [0.5, 0.6) is 0 Å². The minimum absolute atomic E-state index is 0.0574. The summed E-state index contributed by atoms with van der Waals surface area (Å²) in [4.78, 5) is 48.7. The molecule has 0 radical (unpaired) electrons. The van der Waals surface area contributed by atoms with Gasteiger partial charge in [0.05, 0.1) is 24.8 Å². The largest absolute Gasteiger partial charge is 0.463 e. The van der Waals surface area contributed by atoms with Crippen LogP contribution in [0.4, 0.5) is 0 Å². The highest BCUT2D eigenvalue weighted by molar-refractivity contribution is 7.87. The Hall–Kier alpha value is -4.23. The van der Waals surface area contributed by atoms with Crippen LogP contribution in [0.3, 0.4) is 0 Å². The Balaban J connectivity index is 1.57. The summed E-state index contributed by atoms with van der Waals surface area (Å²) < 4.78 is 33.5. The van der Waals surface area contributed by atoms with Gasteiger partial charge in [0.25, 0.3) is 10.2 Å². The summed E-state index contributed by atoms with van der Waals surface area (Å²) in [5.74, 6) is -2.31. The van der Waals surface area contributed by atoms with Crippen molar-refractivity contribution in [3.8, 4) is 0 Å². The lowest BCUT2D eigenvalue weighted by molar-refractivity contribution is -0.139. The Bertz CT molecular complexity index is 1330. The molecule has 0 saturated heterocycles. The van der Waals surface area contributed by atoms with E-state index >= 15 is 0 Å². The molecule has 0 aromatic heterocycles. The molecular formula is C26H31N5O7S. The standard InChI is InChI=1S/C26H31N5O7S/c1-2-38-26(35)20-15-29-39(36,37)31-24(20)19-11-8-18(9-12-19)14-21(25(27)34)30-23(33)16-28-22(32)13-10-17-6-4-3-5-7-17/h3-9,11-12,15,21,24,29,31H,2,10,13-14,16H2,1H3,(H2,27,34)(H,28,32)(H,30,33)/t21-,24?/m0/s1. The fourth-order valence-corrected chi connectivity index (χ4v) is 4.76. The van der Waals surface area contributed by atoms with Crippen molar-refractivity contribution in [2.24, 2.45) is 5.73 Å². The molecule has 1 aliphatic heterocycles. The van der Waals surface area contributed by atoms with Gasteiger partial charge in [-0.15, -0.1) is 0 Å². The Labute approximate surface area is 226 Å². The molecule has 0 spiro atoms. The summed E-state index contributed by atoms with van der Waals surface area (Å²) in [6.07, 6.45) is 1.89. The predicted octanol–water partition coefficient (Wildman–Crippen LogP) is -0.126. The molecule has 3 rings (SSSR count). The molecule has 3 amide bonds. The summed E-state index contributed by atoms with van der Waals surface area (Å²) in [5.41, 5.74) is 7.63. The predicted molar refractivity (Wildman–Crippen MR) is 142 cm³/mol.